The van der Waals surface area contributed by atoms with Gasteiger partial charge in [0.2, 0.25) is 0 Å². The summed E-state index contributed by atoms with van der Waals surface area (Å²) in [6.07, 6.45) is 0. The average Bonchev–Trinajstić information content (AvgIpc) is 2.47. The maximum atomic E-state index is 13.2. The van der Waals surface area contributed by atoms with Crippen LogP contribution in [0.4, 0.5) is 4.39 Å². The second-order valence-corrected chi connectivity index (χ2v) is 6.34. The summed E-state index contributed by atoms with van der Waals surface area (Å²) in [7, 11) is -1.41. The molecule has 0 fully saturated rings. The largest absolute Gasteiger partial charge is 0.492 e. The molecule has 2 aromatic carbocycles. The van der Waals surface area contributed by atoms with Crippen LogP contribution in [-0.2, 0) is 10.8 Å². The van der Waals surface area contributed by atoms with Crippen LogP contribution in [0.2, 0.25) is 0 Å². The van der Waals surface area contributed by atoms with Gasteiger partial charge in [-0.3, -0.25) is 4.21 Å². The van der Waals surface area contributed by atoms with Gasteiger partial charge in [0.1, 0.15) is 18.2 Å². The van der Waals surface area contributed by atoms with Crippen LogP contribution >= 0.6 is 0 Å². The van der Waals surface area contributed by atoms with Gasteiger partial charge in [-0.2, -0.15) is 0 Å². The Balaban J connectivity index is 1.91. The highest BCUT2D eigenvalue weighted by molar-refractivity contribution is 7.85. The van der Waals surface area contributed by atoms with E-state index in [4.69, 9.17) is 10.5 Å². The topological polar surface area (TPSA) is 52.3 Å². The summed E-state index contributed by atoms with van der Waals surface area (Å²) in [5, 5.41) is -0.383. The molecule has 1 aliphatic rings. The molecule has 0 spiro atoms. The maximum absolute atomic E-state index is 13.2. The van der Waals surface area contributed by atoms with E-state index in [9.17, 15) is 8.60 Å². The second kappa shape index (κ2) is 5.34. The van der Waals surface area contributed by atoms with Crippen molar-refractivity contribution in [2.45, 2.75) is 16.2 Å². The summed E-state index contributed by atoms with van der Waals surface area (Å²) < 4.78 is 31.4. The molecule has 20 heavy (non-hydrogen) atoms. The van der Waals surface area contributed by atoms with Crippen molar-refractivity contribution in [3.63, 3.8) is 0 Å². The highest BCUT2D eigenvalue weighted by atomic mass is 32.2. The zero-order valence-electron chi connectivity index (χ0n) is 10.7. The Morgan fingerprint density at radius 1 is 1.20 bits per heavy atom. The van der Waals surface area contributed by atoms with Crippen molar-refractivity contribution in [1.82, 2.24) is 0 Å². The predicted molar refractivity (Wildman–Crippen MR) is 75.5 cm³/mol. The maximum Gasteiger partial charge on any atom is 0.124 e. The van der Waals surface area contributed by atoms with Crippen LogP contribution < -0.4 is 10.5 Å². The zero-order valence-corrected chi connectivity index (χ0v) is 11.5. The van der Waals surface area contributed by atoms with Crippen molar-refractivity contribution in [2.75, 3.05) is 6.61 Å². The van der Waals surface area contributed by atoms with Gasteiger partial charge >= 0.3 is 0 Å². The van der Waals surface area contributed by atoms with Gasteiger partial charge in [0.15, 0.2) is 0 Å². The molecule has 3 atom stereocenters. The van der Waals surface area contributed by atoms with Gasteiger partial charge in [0, 0.05) is 10.5 Å². The molecule has 0 aromatic heterocycles. The first-order valence-corrected chi connectivity index (χ1v) is 7.51. The van der Waals surface area contributed by atoms with E-state index >= 15 is 0 Å². The molecule has 2 aromatic rings. The highest BCUT2D eigenvalue weighted by Gasteiger charge is 2.33. The molecule has 2 N–H and O–H groups in total. The summed E-state index contributed by atoms with van der Waals surface area (Å²) in [4.78, 5) is 0.438. The summed E-state index contributed by atoms with van der Waals surface area (Å²) >= 11 is 0. The van der Waals surface area contributed by atoms with Crippen LogP contribution in [0.1, 0.15) is 11.6 Å². The number of para-hydroxylation sites is 1. The third kappa shape index (κ3) is 2.34. The fourth-order valence-corrected chi connectivity index (χ4v) is 3.72. The first kappa shape index (κ1) is 13.3. The van der Waals surface area contributed by atoms with E-state index in [1.807, 2.05) is 24.3 Å². The van der Waals surface area contributed by atoms with Crippen molar-refractivity contribution >= 4 is 10.8 Å². The van der Waals surface area contributed by atoms with Crippen LogP contribution in [0.5, 0.6) is 5.75 Å². The number of hydrogen-bond acceptors (Lipinski definition) is 3. The SMILES string of the molecule is NC1c2ccccc2OCC1S(=O)c1cccc(F)c1. The first-order chi connectivity index (χ1) is 9.66. The van der Waals surface area contributed by atoms with E-state index in [0.717, 1.165) is 11.3 Å². The van der Waals surface area contributed by atoms with Gasteiger partial charge in [-0.25, -0.2) is 4.39 Å². The van der Waals surface area contributed by atoms with Crippen LogP contribution in [-0.4, -0.2) is 16.1 Å². The second-order valence-electron chi connectivity index (χ2n) is 4.67. The average molecular weight is 291 g/mol. The highest BCUT2D eigenvalue weighted by Crippen LogP contribution is 2.33. The summed E-state index contributed by atoms with van der Waals surface area (Å²) in [5.41, 5.74) is 7.04. The van der Waals surface area contributed by atoms with E-state index in [1.165, 1.54) is 12.1 Å². The van der Waals surface area contributed by atoms with Gasteiger partial charge in [-0.05, 0) is 24.3 Å². The lowest BCUT2D eigenvalue weighted by Crippen LogP contribution is -2.39. The Morgan fingerprint density at radius 3 is 2.80 bits per heavy atom. The van der Waals surface area contributed by atoms with Crippen LogP contribution in [0.15, 0.2) is 53.4 Å². The van der Waals surface area contributed by atoms with Gasteiger partial charge in [-0.15, -0.1) is 0 Å². The summed E-state index contributed by atoms with van der Waals surface area (Å²) in [6.45, 7) is 0.265. The number of benzene rings is 2. The minimum atomic E-state index is -1.41. The zero-order chi connectivity index (χ0) is 14.1. The molecule has 0 bridgehead atoms. The lowest BCUT2D eigenvalue weighted by atomic mass is 10.0. The Hall–Kier alpha value is -1.72. The Bertz CT molecular complexity index is 662. The van der Waals surface area contributed by atoms with Gasteiger partial charge in [0.05, 0.1) is 22.1 Å². The van der Waals surface area contributed by atoms with Crippen molar-refractivity contribution in [3.8, 4) is 5.75 Å². The molecular formula is C15H14FNO2S. The van der Waals surface area contributed by atoms with Crippen molar-refractivity contribution < 1.29 is 13.3 Å². The van der Waals surface area contributed by atoms with Crippen molar-refractivity contribution in [3.05, 3.63) is 59.9 Å². The monoisotopic (exact) mass is 291 g/mol. The molecule has 0 amide bonds. The number of ether oxygens (including phenoxy) is 1. The number of rotatable bonds is 2. The van der Waals surface area contributed by atoms with E-state index in [2.05, 4.69) is 0 Å². The molecule has 3 nitrogen and oxygen atoms in total. The fourth-order valence-electron chi connectivity index (χ4n) is 2.33. The fraction of sp³-hybridized carbons (Fsp3) is 0.200. The molecule has 1 heterocycles. The van der Waals surface area contributed by atoms with Crippen molar-refractivity contribution in [1.29, 1.82) is 0 Å². The quantitative estimate of drug-likeness (QED) is 0.924. The molecule has 104 valence electrons. The Kier molecular flexibility index (Phi) is 3.54. The van der Waals surface area contributed by atoms with Gasteiger partial charge < -0.3 is 10.5 Å². The predicted octanol–water partition coefficient (Wildman–Crippen LogP) is 2.39. The van der Waals surface area contributed by atoms with Gasteiger partial charge in [0.25, 0.3) is 0 Å². The Labute approximate surface area is 119 Å². The smallest absolute Gasteiger partial charge is 0.124 e. The standard InChI is InChI=1S/C15H14FNO2S/c16-10-4-3-5-11(8-10)20(18)14-9-19-13-7-2-1-6-12(13)15(14)17/h1-8,14-15H,9,17H2. The third-order valence-corrected chi connectivity index (χ3v) is 5.08. The van der Waals surface area contributed by atoms with Crippen molar-refractivity contribution in [2.24, 2.45) is 5.73 Å². The van der Waals surface area contributed by atoms with E-state index in [0.29, 0.717) is 4.90 Å². The van der Waals surface area contributed by atoms with E-state index < -0.39 is 16.6 Å². The molecular weight excluding hydrogens is 277 g/mol. The molecule has 0 aliphatic carbocycles. The molecule has 0 radical (unpaired) electrons. The number of nitrogens with two attached hydrogens (primary N) is 1. The molecule has 0 saturated heterocycles. The molecule has 0 saturated carbocycles. The van der Waals surface area contributed by atoms with E-state index in [-0.39, 0.29) is 17.9 Å². The Morgan fingerprint density at radius 2 is 2.00 bits per heavy atom. The van der Waals surface area contributed by atoms with Crippen LogP contribution in [0, 0.1) is 5.82 Å². The minimum Gasteiger partial charge on any atom is -0.492 e. The lowest BCUT2D eigenvalue weighted by molar-refractivity contribution is 0.273. The minimum absolute atomic E-state index is 0.265. The first-order valence-electron chi connectivity index (χ1n) is 6.30. The third-order valence-electron chi connectivity index (χ3n) is 3.39. The molecule has 5 heteroatoms. The lowest BCUT2D eigenvalue weighted by Gasteiger charge is -2.30. The molecule has 3 unspecified atom stereocenters. The number of hydrogen-bond donors (Lipinski definition) is 1. The molecule has 1 aliphatic heterocycles. The normalized spacial score (nSPS) is 22.7. The number of fused-ring (bicyclic) bond motifs is 1. The molecule has 3 rings (SSSR count). The van der Waals surface area contributed by atoms with E-state index in [1.54, 1.807) is 12.1 Å². The van der Waals surface area contributed by atoms with Crippen LogP contribution in [0.3, 0.4) is 0 Å². The summed E-state index contributed by atoms with van der Waals surface area (Å²) in [5.74, 6) is 0.328. The van der Waals surface area contributed by atoms with Gasteiger partial charge in [-0.1, -0.05) is 24.3 Å². The van der Waals surface area contributed by atoms with Crippen LogP contribution in [0.25, 0.3) is 0 Å². The summed E-state index contributed by atoms with van der Waals surface area (Å²) in [6, 6.07) is 12.9. The number of halogens is 1.